The van der Waals surface area contributed by atoms with Crippen molar-refractivity contribution in [3.63, 3.8) is 0 Å². The van der Waals surface area contributed by atoms with Gasteiger partial charge in [0.1, 0.15) is 11.5 Å². The molecule has 0 aliphatic heterocycles. The highest BCUT2D eigenvalue weighted by Crippen LogP contribution is 2.25. The van der Waals surface area contributed by atoms with Gasteiger partial charge in [0.05, 0.1) is 13.7 Å². The number of rotatable bonds is 9. The van der Waals surface area contributed by atoms with Gasteiger partial charge in [-0.1, -0.05) is 26.0 Å². The third-order valence-corrected chi connectivity index (χ3v) is 4.46. The Morgan fingerprint density at radius 3 is 2.40 bits per heavy atom. The van der Waals surface area contributed by atoms with Crippen molar-refractivity contribution in [3.8, 4) is 11.5 Å². The van der Waals surface area contributed by atoms with Crippen LogP contribution >= 0.6 is 0 Å². The zero-order valence-electron chi connectivity index (χ0n) is 16.2. The molecule has 25 heavy (non-hydrogen) atoms. The fourth-order valence-corrected chi connectivity index (χ4v) is 2.73. The topological polar surface area (TPSA) is 30.5 Å². The molecule has 0 aliphatic rings. The van der Waals surface area contributed by atoms with Gasteiger partial charge in [-0.2, -0.15) is 0 Å². The Kier molecular flexibility index (Phi) is 6.74. The minimum Gasteiger partial charge on any atom is -0.497 e. The van der Waals surface area contributed by atoms with Gasteiger partial charge in [0.25, 0.3) is 0 Å². The highest BCUT2D eigenvalue weighted by Gasteiger charge is 2.17. The van der Waals surface area contributed by atoms with E-state index in [1.165, 1.54) is 11.1 Å². The minimum atomic E-state index is 0.213. The number of nitrogens with one attached hydrogen (secondary N) is 1. The molecular weight excluding hydrogens is 310 g/mol. The second-order valence-corrected chi connectivity index (χ2v) is 7.47. The average molecular weight is 341 g/mol. The Bertz CT molecular complexity index is 662. The first kappa shape index (κ1) is 19.2. The van der Waals surface area contributed by atoms with E-state index in [0.717, 1.165) is 43.2 Å². The molecule has 0 unspecified atom stereocenters. The number of hydrogen-bond acceptors (Lipinski definition) is 3. The fourth-order valence-electron chi connectivity index (χ4n) is 2.73. The summed E-state index contributed by atoms with van der Waals surface area (Å²) in [6.07, 6.45) is 2.16. The van der Waals surface area contributed by atoms with Crippen LogP contribution in [0.1, 0.15) is 37.8 Å². The van der Waals surface area contributed by atoms with Crippen molar-refractivity contribution in [2.45, 2.75) is 40.5 Å². The zero-order valence-corrected chi connectivity index (χ0v) is 16.2. The predicted molar refractivity (Wildman–Crippen MR) is 106 cm³/mol. The van der Waals surface area contributed by atoms with Crippen LogP contribution in [-0.4, -0.2) is 20.3 Å². The number of aryl methyl sites for hydroxylation is 2. The average Bonchev–Trinajstić information content (AvgIpc) is 2.60. The molecule has 0 heterocycles. The van der Waals surface area contributed by atoms with Crippen LogP contribution in [0.2, 0.25) is 0 Å². The molecule has 2 aromatic carbocycles. The van der Waals surface area contributed by atoms with Crippen molar-refractivity contribution in [2.75, 3.05) is 25.6 Å². The van der Waals surface area contributed by atoms with Gasteiger partial charge in [0.2, 0.25) is 0 Å². The summed E-state index contributed by atoms with van der Waals surface area (Å²) in [6, 6.07) is 14.4. The van der Waals surface area contributed by atoms with Crippen LogP contribution in [0.4, 0.5) is 5.69 Å². The number of ether oxygens (including phenoxy) is 2. The van der Waals surface area contributed by atoms with E-state index < -0.39 is 0 Å². The van der Waals surface area contributed by atoms with Gasteiger partial charge in [-0.15, -0.1) is 0 Å². The van der Waals surface area contributed by atoms with E-state index in [9.17, 15) is 0 Å². The quantitative estimate of drug-likeness (QED) is 0.601. The summed E-state index contributed by atoms with van der Waals surface area (Å²) in [5, 5.41) is 3.52. The van der Waals surface area contributed by atoms with E-state index in [4.69, 9.17) is 9.47 Å². The molecule has 0 amide bonds. The van der Waals surface area contributed by atoms with Crippen LogP contribution in [-0.2, 0) is 0 Å². The van der Waals surface area contributed by atoms with E-state index >= 15 is 0 Å². The molecule has 0 radical (unpaired) electrons. The summed E-state index contributed by atoms with van der Waals surface area (Å²) >= 11 is 0. The van der Waals surface area contributed by atoms with Crippen LogP contribution in [0, 0.1) is 19.3 Å². The molecule has 0 saturated carbocycles. The summed E-state index contributed by atoms with van der Waals surface area (Å²) in [4.78, 5) is 0. The highest BCUT2D eigenvalue weighted by atomic mass is 16.5. The molecule has 0 spiro atoms. The lowest BCUT2D eigenvalue weighted by molar-refractivity contribution is 0.263. The smallest absolute Gasteiger partial charge is 0.122 e. The van der Waals surface area contributed by atoms with Crippen LogP contribution in [0.25, 0.3) is 0 Å². The zero-order chi connectivity index (χ0) is 18.3. The van der Waals surface area contributed by atoms with Gasteiger partial charge < -0.3 is 14.8 Å². The molecule has 2 rings (SSSR count). The van der Waals surface area contributed by atoms with E-state index in [2.05, 4.69) is 63.3 Å². The minimum absolute atomic E-state index is 0.213. The number of hydrogen-bond donors (Lipinski definition) is 1. The van der Waals surface area contributed by atoms with Crippen molar-refractivity contribution in [3.05, 3.63) is 53.6 Å². The maximum absolute atomic E-state index is 5.97. The maximum Gasteiger partial charge on any atom is 0.122 e. The molecule has 0 aromatic heterocycles. The van der Waals surface area contributed by atoms with Crippen molar-refractivity contribution < 1.29 is 9.47 Å². The fraction of sp³-hybridized carbons (Fsp3) is 0.455. The van der Waals surface area contributed by atoms with Crippen LogP contribution in [0.5, 0.6) is 11.5 Å². The largest absolute Gasteiger partial charge is 0.497 e. The summed E-state index contributed by atoms with van der Waals surface area (Å²) in [5.74, 6) is 1.89. The van der Waals surface area contributed by atoms with Crippen molar-refractivity contribution in [1.82, 2.24) is 0 Å². The van der Waals surface area contributed by atoms with Gasteiger partial charge in [0, 0.05) is 12.2 Å². The lowest BCUT2D eigenvalue weighted by Gasteiger charge is -2.25. The molecule has 0 fully saturated rings. The number of benzene rings is 2. The summed E-state index contributed by atoms with van der Waals surface area (Å²) in [6.45, 7) is 10.5. The Labute approximate surface area is 152 Å². The molecule has 1 N–H and O–H groups in total. The maximum atomic E-state index is 5.97. The molecule has 3 nitrogen and oxygen atoms in total. The molecule has 2 aromatic rings. The van der Waals surface area contributed by atoms with Gasteiger partial charge >= 0.3 is 0 Å². The summed E-state index contributed by atoms with van der Waals surface area (Å²) in [5.41, 5.74) is 3.78. The van der Waals surface area contributed by atoms with Gasteiger partial charge in [-0.25, -0.2) is 0 Å². The number of anilines is 1. The van der Waals surface area contributed by atoms with Gasteiger partial charge in [0.15, 0.2) is 0 Å². The molecular formula is C22H31NO2. The standard InChI is InChI=1S/C22H31NO2/c1-17-7-8-18(2)21(15-17)25-14-6-13-22(3,4)16-23-19-9-11-20(24-5)12-10-19/h7-12,15,23H,6,13-14,16H2,1-5H3. The van der Waals surface area contributed by atoms with Crippen molar-refractivity contribution >= 4 is 5.69 Å². The Hall–Kier alpha value is -2.16. The van der Waals surface area contributed by atoms with Gasteiger partial charge in [-0.05, 0) is 73.6 Å². The first-order valence-corrected chi connectivity index (χ1v) is 8.98. The van der Waals surface area contributed by atoms with Crippen molar-refractivity contribution in [2.24, 2.45) is 5.41 Å². The first-order chi connectivity index (χ1) is 11.9. The molecule has 136 valence electrons. The lowest BCUT2D eigenvalue weighted by Crippen LogP contribution is -2.23. The monoisotopic (exact) mass is 341 g/mol. The van der Waals surface area contributed by atoms with Crippen LogP contribution in [0.3, 0.4) is 0 Å². The molecule has 3 heteroatoms. The SMILES string of the molecule is COc1ccc(NCC(C)(C)CCCOc2cc(C)ccc2C)cc1. The lowest BCUT2D eigenvalue weighted by atomic mass is 9.88. The summed E-state index contributed by atoms with van der Waals surface area (Å²) < 4.78 is 11.2. The van der Waals surface area contributed by atoms with E-state index in [0.29, 0.717) is 0 Å². The molecule has 0 atom stereocenters. The van der Waals surface area contributed by atoms with Crippen LogP contribution in [0.15, 0.2) is 42.5 Å². The number of methoxy groups -OCH3 is 1. The van der Waals surface area contributed by atoms with E-state index in [1.807, 2.05) is 12.1 Å². The van der Waals surface area contributed by atoms with Gasteiger partial charge in [-0.3, -0.25) is 0 Å². The third-order valence-electron chi connectivity index (χ3n) is 4.46. The predicted octanol–water partition coefficient (Wildman–Crippen LogP) is 5.61. The Morgan fingerprint density at radius 2 is 1.72 bits per heavy atom. The molecule has 0 bridgehead atoms. The third kappa shape index (κ3) is 6.33. The van der Waals surface area contributed by atoms with E-state index in [1.54, 1.807) is 7.11 Å². The highest BCUT2D eigenvalue weighted by molar-refractivity contribution is 5.46. The van der Waals surface area contributed by atoms with Crippen LogP contribution < -0.4 is 14.8 Å². The Balaban J connectivity index is 1.74. The van der Waals surface area contributed by atoms with Crippen molar-refractivity contribution in [1.29, 1.82) is 0 Å². The Morgan fingerprint density at radius 1 is 1.00 bits per heavy atom. The second kappa shape index (κ2) is 8.80. The second-order valence-electron chi connectivity index (χ2n) is 7.47. The molecule has 0 saturated heterocycles. The molecule has 0 aliphatic carbocycles. The summed E-state index contributed by atoms with van der Waals surface area (Å²) in [7, 11) is 1.69. The normalized spacial score (nSPS) is 11.2. The first-order valence-electron chi connectivity index (χ1n) is 8.98. The van der Waals surface area contributed by atoms with E-state index in [-0.39, 0.29) is 5.41 Å².